The Labute approximate surface area is 119 Å². The summed E-state index contributed by atoms with van der Waals surface area (Å²) in [5, 5.41) is 4.27. The number of hydrogen-bond acceptors (Lipinski definition) is 4. The van der Waals surface area contributed by atoms with Gasteiger partial charge < -0.3 is 10.5 Å². The van der Waals surface area contributed by atoms with Crippen molar-refractivity contribution in [2.75, 3.05) is 12.8 Å². The maximum Gasteiger partial charge on any atom is 0.221 e. The third kappa shape index (κ3) is 2.63. The molecule has 0 spiro atoms. The van der Waals surface area contributed by atoms with Crippen molar-refractivity contribution in [3.63, 3.8) is 0 Å². The molecule has 18 heavy (non-hydrogen) atoms. The quantitative estimate of drug-likeness (QED) is 0.678. The fourth-order valence-corrected chi connectivity index (χ4v) is 2.30. The van der Waals surface area contributed by atoms with E-state index in [1.54, 1.807) is 19.5 Å². The molecule has 0 aliphatic rings. The summed E-state index contributed by atoms with van der Waals surface area (Å²) in [6.07, 6.45) is 3.48. The first kappa shape index (κ1) is 12.9. The zero-order valence-corrected chi connectivity index (χ0v) is 12.2. The van der Waals surface area contributed by atoms with Crippen LogP contribution in [0.25, 0.3) is 0 Å². The number of aryl methyl sites for hydroxylation is 1. The number of para-hydroxylation sites is 1. The van der Waals surface area contributed by atoms with E-state index >= 15 is 0 Å². The molecule has 2 aromatic rings. The van der Waals surface area contributed by atoms with Gasteiger partial charge in [-0.1, -0.05) is 6.07 Å². The van der Waals surface area contributed by atoms with Gasteiger partial charge in [-0.05, 0) is 41.6 Å². The molecule has 0 fully saturated rings. The number of nitrogens with zero attached hydrogens (tertiary/aromatic N) is 3. The lowest BCUT2D eigenvalue weighted by Crippen LogP contribution is -1.98. The van der Waals surface area contributed by atoms with Crippen LogP contribution in [0.2, 0.25) is 0 Å². The number of methoxy groups -OCH3 is 1. The molecule has 1 aromatic heterocycles. The van der Waals surface area contributed by atoms with Crippen LogP contribution in [0.15, 0.2) is 29.5 Å². The minimum atomic E-state index is 0.369. The van der Waals surface area contributed by atoms with Gasteiger partial charge in [0.05, 0.1) is 28.8 Å². The Hall–Kier alpha value is -1.57. The van der Waals surface area contributed by atoms with Crippen molar-refractivity contribution in [2.24, 2.45) is 5.10 Å². The number of rotatable bonds is 3. The van der Waals surface area contributed by atoms with Gasteiger partial charge >= 0.3 is 0 Å². The normalized spacial score (nSPS) is 11.1. The molecule has 5 nitrogen and oxygen atoms in total. The third-order valence-electron chi connectivity index (χ3n) is 2.36. The van der Waals surface area contributed by atoms with Gasteiger partial charge in [-0.2, -0.15) is 5.10 Å². The third-order valence-corrected chi connectivity index (χ3v) is 3.21. The van der Waals surface area contributed by atoms with Gasteiger partial charge in [0.2, 0.25) is 5.95 Å². The first-order valence-corrected chi connectivity index (χ1v) is 6.38. The second-order valence-corrected chi connectivity index (χ2v) is 4.85. The molecule has 1 heterocycles. The van der Waals surface area contributed by atoms with E-state index in [4.69, 9.17) is 10.5 Å². The Morgan fingerprint density at radius 2 is 2.28 bits per heavy atom. The zero-order chi connectivity index (χ0) is 13.1. The maximum atomic E-state index is 5.71. The molecule has 0 aliphatic heterocycles. The molecule has 0 aliphatic carbocycles. The number of nitrogens with two attached hydrogens (primary N) is 1. The summed E-state index contributed by atoms with van der Waals surface area (Å²) in [7, 11) is 1.64. The summed E-state index contributed by atoms with van der Waals surface area (Å²) in [6, 6.07) is 5.87. The molecular weight excluding hydrogens is 343 g/mol. The van der Waals surface area contributed by atoms with Crippen molar-refractivity contribution >= 4 is 34.8 Å². The highest BCUT2D eigenvalue weighted by Gasteiger charge is 2.05. The molecule has 94 valence electrons. The molecule has 0 unspecified atom stereocenters. The number of nitrogen functional groups attached to an aromatic ring is 1. The van der Waals surface area contributed by atoms with Gasteiger partial charge in [0, 0.05) is 5.56 Å². The minimum absolute atomic E-state index is 0.369. The molecule has 0 radical (unpaired) electrons. The van der Waals surface area contributed by atoms with Crippen molar-refractivity contribution in [2.45, 2.75) is 6.92 Å². The van der Waals surface area contributed by atoms with Crippen molar-refractivity contribution in [3.8, 4) is 5.75 Å². The number of halogens is 1. The predicted octanol–water partition coefficient (Wildman–Crippen LogP) is 2.27. The van der Waals surface area contributed by atoms with Crippen molar-refractivity contribution in [3.05, 3.63) is 39.2 Å². The van der Waals surface area contributed by atoms with Crippen molar-refractivity contribution < 1.29 is 4.74 Å². The number of anilines is 1. The topological polar surface area (TPSA) is 65.4 Å². The molecule has 1 aromatic carbocycles. The van der Waals surface area contributed by atoms with Gasteiger partial charge in [0.1, 0.15) is 5.75 Å². The summed E-state index contributed by atoms with van der Waals surface area (Å²) in [5.74, 6) is 1.17. The molecule has 2 N–H and O–H groups in total. The summed E-state index contributed by atoms with van der Waals surface area (Å²) < 4.78 is 7.92. The van der Waals surface area contributed by atoms with Gasteiger partial charge in [-0.3, -0.25) is 0 Å². The lowest BCUT2D eigenvalue weighted by Gasteiger charge is -2.06. The number of benzene rings is 1. The second kappa shape index (κ2) is 5.38. The average Bonchev–Trinajstić information content (AvgIpc) is 2.65. The van der Waals surface area contributed by atoms with Gasteiger partial charge in [-0.15, -0.1) is 0 Å². The fraction of sp³-hybridized carbons (Fsp3) is 0.167. The number of ether oxygens (including phenoxy) is 1. The van der Waals surface area contributed by atoms with E-state index in [-0.39, 0.29) is 0 Å². The SMILES string of the molecule is COc1c(I)cccc1C=Nn1cc(C)nc1N. The van der Waals surface area contributed by atoms with Crippen LogP contribution in [0, 0.1) is 10.5 Å². The molecule has 6 heteroatoms. The average molecular weight is 356 g/mol. The van der Waals surface area contributed by atoms with Crippen LogP contribution < -0.4 is 10.5 Å². The number of imidazole rings is 1. The Morgan fingerprint density at radius 3 is 2.89 bits per heavy atom. The van der Waals surface area contributed by atoms with Crippen LogP contribution in [0.5, 0.6) is 5.75 Å². The summed E-state index contributed by atoms with van der Waals surface area (Å²) >= 11 is 2.22. The van der Waals surface area contributed by atoms with E-state index in [0.717, 1.165) is 20.6 Å². The van der Waals surface area contributed by atoms with Crippen molar-refractivity contribution in [1.29, 1.82) is 0 Å². The Morgan fingerprint density at radius 1 is 1.50 bits per heavy atom. The Bertz CT molecular complexity index is 592. The number of aromatic nitrogens is 2. The second-order valence-electron chi connectivity index (χ2n) is 3.69. The van der Waals surface area contributed by atoms with E-state index in [2.05, 4.69) is 32.7 Å². The lowest BCUT2D eigenvalue weighted by atomic mass is 10.2. The van der Waals surface area contributed by atoms with Gasteiger partial charge in [-0.25, -0.2) is 9.66 Å². The molecule has 0 atom stereocenters. The van der Waals surface area contributed by atoms with Crippen LogP contribution >= 0.6 is 22.6 Å². The van der Waals surface area contributed by atoms with Crippen LogP contribution in [-0.2, 0) is 0 Å². The van der Waals surface area contributed by atoms with E-state index in [1.807, 2.05) is 25.1 Å². The monoisotopic (exact) mass is 356 g/mol. The lowest BCUT2D eigenvalue weighted by molar-refractivity contribution is 0.411. The van der Waals surface area contributed by atoms with Crippen LogP contribution in [0.1, 0.15) is 11.3 Å². The fourth-order valence-electron chi connectivity index (χ4n) is 1.56. The molecule has 0 saturated heterocycles. The molecule has 0 saturated carbocycles. The highest BCUT2D eigenvalue weighted by Crippen LogP contribution is 2.23. The predicted molar refractivity (Wildman–Crippen MR) is 80.1 cm³/mol. The molecule has 0 bridgehead atoms. The minimum Gasteiger partial charge on any atom is -0.495 e. The van der Waals surface area contributed by atoms with Crippen LogP contribution in [-0.4, -0.2) is 23.0 Å². The molecular formula is C12H13IN4O. The highest BCUT2D eigenvalue weighted by molar-refractivity contribution is 14.1. The first-order chi connectivity index (χ1) is 8.61. The van der Waals surface area contributed by atoms with E-state index in [1.165, 1.54) is 4.68 Å². The smallest absolute Gasteiger partial charge is 0.221 e. The van der Waals surface area contributed by atoms with Crippen LogP contribution in [0.3, 0.4) is 0 Å². The molecule has 0 amide bonds. The van der Waals surface area contributed by atoms with E-state index < -0.39 is 0 Å². The number of hydrogen-bond donors (Lipinski definition) is 1. The standard InChI is InChI=1S/C12H13IN4O/c1-8-7-17(12(14)16-8)15-6-9-4-3-5-10(13)11(9)18-2/h3-7H,1-2H3,(H2,14,16). The zero-order valence-electron chi connectivity index (χ0n) is 10.1. The van der Waals surface area contributed by atoms with Gasteiger partial charge in [0.15, 0.2) is 0 Å². The van der Waals surface area contributed by atoms with E-state index in [0.29, 0.717) is 5.95 Å². The largest absolute Gasteiger partial charge is 0.495 e. The first-order valence-electron chi connectivity index (χ1n) is 5.30. The highest BCUT2D eigenvalue weighted by atomic mass is 127. The van der Waals surface area contributed by atoms with Crippen LogP contribution in [0.4, 0.5) is 5.95 Å². The van der Waals surface area contributed by atoms with Gasteiger partial charge in [0.25, 0.3) is 0 Å². The summed E-state index contributed by atoms with van der Waals surface area (Å²) in [4.78, 5) is 4.08. The Balaban J connectivity index is 2.34. The molecule has 2 rings (SSSR count). The Kier molecular flexibility index (Phi) is 3.85. The summed E-state index contributed by atoms with van der Waals surface area (Å²) in [5.41, 5.74) is 7.44. The van der Waals surface area contributed by atoms with Crippen molar-refractivity contribution in [1.82, 2.24) is 9.66 Å². The maximum absolute atomic E-state index is 5.71. The summed E-state index contributed by atoms with van der Waals surface area (Å²) in [6.45, 7) is 1.87. The van der Waals surface area contributed by atoms with E-state index in [9.17, 15) is 0 Å².